The third-order valence-electron chi connectivity index (χ3n) is 6.09. The summed E-state index contributed by atoms with van der Waals surface area (Å²) in [5.74, 6) is 0.701. The molecule has 7 nitrogen and oxygen atoms in total. The van der Waals surface area contributed by atoms with Gasteiger partial charge in [0.1, 0.15) is 11.5 Å². The Labute approximate surface area is 203 Å². The minimum Gasteiger partial charge on any atom is -0.361 e. The lowest BCUT2D eigenvalue weighted by Crippen LogP contribution is -2.28. The number of amides is 1. The van der Waals surface area contributed by atoms with Gasteiger partial charge >= 0.3 is 0 Å². The quantitative estimate of drug-likeness (QED) is 0.298. The number of pyridine rings is 1. The summed E-state index contributed by atoms with van der Waals surface area (Å²) in [4.78, 5) is 19.8. The second kappa shape index (κ2) is 9.54. The first kappa shape index (κ1) is 22.5. The Morgan fingerprint density at radius 3 is 2.40 bits per heavy atom. The molecule has 1 amide bonds. The van der Waals surface area contributed by atoms with Crippen LogP contribution in [0, 0.1) is 13.8 Å². The van der Waals surface area contributed by atoms with Crippen molar-refractivity contribution in [3.8, 4) is 22.5 Å². The lowest BCUT2D eigenvalue weighted by Gasteiger charge is -2.18. The van der Waals surface area contributed by atoms with Crippen molar-refractivity contribution in [3.63, 3.8) is 0 Å². The van der Waals surface area contributed by atoms with E-state index in [1.807, 2.05) is 80.6 Å². The number of hydrogen-bond donors (Lipinski definition) is 0. The van der Waals surface area contributed by atoms with E-state index in [0.29, 0.717) is 41.0 Å². The lowest BCUT2D eigenvalue weighted by molar-refractivity contribution is 0.0794. The van der Waals surface area contributed by atoms with Crippen molar-refractivity contribution >= 4 is 17.0 Å². The fraction of sp³-hybridized carbons (Fsp3) is 0.214. The maximum atomic E-state index is 13.5. The molecular weight excluding hydrogens is 440 g/mol. The van der Waals surface area contributed by atoms with Crippen LogP contribution in [-0.4, -0.2) is 39.7 Å². The van der Waals surface area contributed by atoms with E-state index in [0.717, 1.165) is 34.6 Å². The first-order valence-corrected chi connectivity index (χ1v) is 11.6. The SMILES string of the molecule is Cc1ccc(-c2cc(C(=O)N(C)CCCc3cc(-c4ccccc4)no3)c3c(C)noc3n2)cc1. The van der Waals surface area contributed by atoms with Crippen LogP contribution >= 0.6 is 0 Å². The molecule has 176 valence electrons. The molecule has 0 aliphatic heterocycles. The molecule has 5 aromatic rings. The molecule has 0 saturated heterocycles. The van der Waals surface area contributed by atoms with Gasteiger partial charge in [0.15, 0.2) is 0 Å². The maximum Gasteiger partial charge on any atom is 0.259 e. The highest BCUT2D eigenvalue weighted by Gasteiger charge is 2.22. The Balaban J connectivity index is 1.32. The Hall–Kier alpha value is -4.26. The zero-order valence-electron chi connectivity index (χ0n) is 20.0. The number of fused-ring (bicyclic) bond motifs is 1. The van der Waals surface area contributed by atoms with Crippen LogP contribution in [0.5, 0.6) is 0 Å². The second-order valence-electron chi connectivity index (χ2n) is 8.74. The van der Waals surface area contributed by atoms with E-state index in [9.17, 15) is 4.79 Å². The minimum atomic E-state index is -0.0976. The van der Waals surface area contributed by atoms with Gasteiger partial charge in [0, 0.05) is 37.2 Å². The molecule has 3 heterocycles. The monoisotopic (exact) mass is 466 g/mol. The van der Waals surface area contributed by atoms with Gasteiger partial charge in [-0.3, -0.25) is 4.79 Å². The van der Waals surface area contributed by atoms with Gasteiger partial charge in [-0.25, -0.2) is 4.98 Å². The number of carbonyl (C=O) groups is 1. The summed E-state index contributed by atoms with van der Waals surface area (Å²) in [6.45, 7) is 4.42. The molecule has 0 fully saturated rings. The average molecular weight is 467 g/mol. The molecule has 0 aliphatic carbocycles. The largest absolute Gasteiger partial charge is 0.361 e. The van der Waals surface area contributed by atoms with Crippen molar-refractivity contribution in [2.45, 2.75) is 26.7 Å². The first-order valence-electron chi connectivity index (χ1n) is 11.6. The first-order chi connectivity index (χ1) is 17.0. The molecule has 0 radical (unpaired) electrons. The van der Waals surface area contributed by atoms with Crippen molar-refractivity contribution in [1.82, 2.24) is 20.2 Å². The van der Waals surface area contributed by atoms with E-state index >= 15 is 0 Å². The summed E-state index contributed by atoms with van der Waals surface area (Å²) in [6, 6.07) is 21.7. The van der Waals surface area contributed by atoms with Crippen LogP contribution in [0.15, 0.2) is 75.8 Å². The molecule has 0 bridgehead atoms. The number of carbonyl (C=O) groups excluding carboxylic acids is 1. The molecule has 3 aromatic heterocycles. The van der Waals surface area contributed by atoms with Gasteiger partial charge in [-0.1, -0.05) is 70.5 Å². The molecule has 0 unspecified atom stereocenters. The summed E-state index contributed by atoms with van der Waals surface area (Å²) >= 11 is 0. The Morgan fingerprint density at radius 1 is 0.886 bits per heavy atom. The van der Waals surface area contributed by atoms with Crippen LogP contribution in [0.2, 0.25) is 0 Å². The number of aryl methyl sites for hydroxylation is 3. The number of nitrogens with zero attached hydrogens (tertiary/aromatic N) is 4. The van der Waals surface area contributed by atoms with Crippen LogP contribution in [0.25, 0.3) is 33.6 Å². The molecule has 0 spiro atoms. The second-order valence-corrected chi connectivity index (χ2v) is 8.74. The van der Waals surface area contributed by atoms with Gasteiger partial charge in [-0.2, -0.15) is 0 Å². The molecule has 35 heavy (non-hydrogen) atoms. The van der Waals surface area contributed by atoms with Crippen LogP contribution in [0.3, 0.4) is 0 Å². The highest BCUT2D eigenvalue weighted by molar-refractivity contribution is 6.06. The lowest BCUT2D eigenvalue weighted by atomic mass is 10.0. The van der Waals surface area contributed by atoms with E-state index in [-0.39, 0.29) is 5.91 Å². The fourth-order valence-corrected chi connectivity index (χ4v) is 4.11. The van der Waals surface area contributed by atoms with Crippen LogP contribution in [0.1, 0.15) is 33.8 Å². The van der Waals surface area contributed by atoms with E-state index in [1.165, 1.54) is 0 Å². The van der Waals surface area contributed by atoms with Gasteiger partial charge in [-0.15, -0.1) is 0 Å². The van der Waals surface area contributed by atoms with E-state index in [2.05, 4.69) is 15.3 Å². The number of hydrogen-bond acceptors (Lipinski definition) is 6. The van der Waals surface area contributed by atoms with E-state index in [1.54, 1.807) is 11.9 Å². The van der Waals surface area contributed by atoms with Crippen molar-refractivity contribution in [2.75, 3.05) is 13.6 Å². The van der Waals surface area contributed by atoms with Gasteiger partial charge in [0.05, 0.1) is 22.3 Å². The summed E-state index contributed by atoms with van der Waals surface area (Å²) in [7, 11) is 1.80. The topological polar surface area (TPSA) is 85.3 Å². The smallest absolute Gasteiger partial charge is 0.259 e. The van der Waals surface area contributed by atoms with Gasteiger partial charge in [0.2, 0.25) is 0 Å². The third kappa shape index (κ3) is 4.71. The highest BCUT2D eigenvalue weighted by Crippen LogP contribution is 2.28. The molecule has 0 saturated carbocycles. The maximum absolute atomic E-state index is 13.5. The van der Waals surface area contributed by atoms with Gasteiger partial charge in [0.25, 0.3) is 11.6 Å². The number of benzene rings is 2. The molecule has 2 aromatic carbocycles. The molecule has 7 heteroatoms. The Kier molecular flexibility index (Phi) is 6.14. The van der Waals surface area contributed by atoms with E-state index < -0.39 is 0 Å². The van der Waals surface area contributed by atoms with Gasteiger partial charge in [-0.05, 0) is 26.3 Å². The zero-order valence-corrected chi connectivity index (χ0v) is 20.0. The zero-order chi connectivity index (χ0) is 24.4. The molecular formula is C28H26N4O3. The fourth-order valence-electron chi connectivity index (χ4n) is 4.11. The molecule has 5 rings (SSSR count). The minimum absolute atomic E-state index is 0.0976. The normalized spacial score (nSPS) is 11.2. The molecule has 0 atom stereocenters. The standard InChI is InChI=1S/C28H26N4O3/c1-18-11-13-21(14-12-18)24-17-23(26-19(2)30-35-27(26)29-24)28(33)32(3)15-7-10-22-16-25(31-34-22)20-8-5-4-6-9-20/h4-6,8-9,11-14,16-17H,7,10,15H2,1-3H3. The van der Waals surface area contributed by atoms with Crippen molar-refractivity contribution in [1.29, 1.82) is 0 Å². The van der Waals surface area contributed by atoms with Crippen LogP contribution in [-0.2, 0) is 6.42 Å². The van der Waals surface area contributed by atoms with Crippen molar-refractivity contribution in [2.24, 2.45) is 0 Å². The van der Waals surface area contributed by atoms with Crippen LogP contribution < -0.4 is 0 Å². The average Bonchev–Trinajstić information content (AvgIpc) is 3.51. The Morgan fingerprint density at radius 2 is 1.63 bits per heavy atom. The number of rotatable bonds is 7. The van der Waals surface area contributed by atoms with Gasteiger partial charge < -0.3 is 13.9 Å². The predicted molar refractivity (Wildman–Crippen MR) is 134 cm³/mol. The van der Waals surface area contributed by atoms with E-state index in [4.69, 9.17) is 9.05 Å². The Bertz CT molecular complexity index is 1470. The summed E-state index contributed by atoms with van der Waals surface area (Å²) in [5.41, 5.74) is 6.15. The summed E-state index contributed by atoms with van der Waals surface area (Å²) < 4.78 is 10.9. The highest BCUT2D eigenvalue weighted by atomic mass is 16.5. The number of aromatic nitrogens is 3. The summed E-state index contributed by atoms with van der Waals surface area (Å²) in [6.07, 6.45) is 1.43. The molecule has 0 aliphatic rings. The van der Waals surface area contributed by atoms with Crippen LogP contribution in [0.4, 0.5) is 0 Å². The molecule has 0 N–H and O–H groups in total. The van der Waals surface area contributed by atoms with Crippen molar-refractivity contribution < 1.29 is 13.8 Å². The van der Waals surface area contributed by atoms with Crippen molar-refractivity contribution in [3.05, 3.63) is 89.3 Å². The third-order valence-corrected chi connectivity index (χ3v) is 6.09. The predicted octanol–water partition coefficient (Wildman–Crippen LogP) is 5.87. The summed E-state index contributed by atoms with van der Waals surface area (Å²) in [5, 5.41) is 8.87.